The lowest BCUT2D eigenvalue weighted by Crippen LogP contribution is -2.34. The number of hydrogen-bond donors (Lipinski definition) is 1. The van der Waals surface area contributed by atoms with Gasteiger partial charge in [0, 0.05) is 30.5 Å². The largest absolute Gasteiger partial charge is 0.337 e. The van der Waals surface area contributed by atoms with Crippen LogP contribution in [0.15, 0.2) is 41.4 Å². The van der Waals surface area contributed by atoms with E-state index in [2.05, 4.69) is 20.4 Å². The minimum Gasteiger partial charge on any atom is -0.337 e. The maximum Gasteiger partial charge on any atom is 0.322 e. The van der Waals surface area contributed by atoms with Crippen molar-refractivity contribution in [1.29, 1.82) is 0 Å². The van der Waals surface area contributed by atoms with Crippen LogP contribution < -0.4 is 5.32 Å². The van der Waals surface area contributed by atoms with Gasteiger partial charge in [-0.05, 0) is 25.1 Å². The molecule has 9 heteroatoms. The Bertz CT molecular complexity index is 906. The standard InChI is InChI=1S/C18H21ClN6O2/c1-4-24(10-16-22-17(12(2)3)23-27-16)18(26)21-13-5-6-15(14(19)9-13)25-8-7-20-11-25/h5-9,11-12H,4,10H2,1-3H3,(H,21,26). The summed E-state index contributed by atoms with van der Waals surface area (Å²) < 4.78 is 7.02. The van der Waals surface area contributed by atoms with Crippen molar-refractivity contribution in [3.05, 3.63) is 53.7 Å². The SMILES string of the molecule is CCN(Cc1nc(C(C)C)no1)C(=O)Nc1ccc(-n2ccnc2)c(Cl)c1. The number of anilines is 1. The van der Waals surface area contributed by atoms with E-state index in [1.54, 1.807) is 40.3 Å². The van der Waals surface area contributed by atoms with Crippen molar-refractivity contribution < 1.29 is 9.32 Å². The number of aromatic nitrogens is 4. The Morgan fingerprint density at radius 1 is 1.41 bits per heavy atom. The molecule has 0 unspecified atom stereocenters. The quantitative estimate of drug-likeness (QED) is 0.687. The van der Waals surface area contributed by atoms with Gasteiger partial charge >= 0.3 is 6.03 Å². The van der Waals surface area contributed by atoms with Crippen molar-refractivity contribution in [1.82, 2.24) is 24.6 Å². The molecule has 142 valence electrons. The summed E-state index contributed by atoms with van der Waals surface area (Å²) in [5.74, 6) is 1.20. The molecule has 3 aromatic rings. The molecule has 0 aliphatic carbocycles. The summed E-state index contributed by atoms with van der Waals surface area (Å²) in [5.41, 5.74) is 1.38. The lowest BCUT2D eigenvalue weighted by Gasteiger charge is -2.19. The summed E-state index contributed by atoms with van der Waals surface area (Å²) in [4.78, 5) is 22.5. The zero-order valence-electron chi connectivity index (χ0n) is 15.4. The summed E-state index contributed by atoms with van der Waals surface area (Å²) in [6.45, 7) is 6.58. The van der Waals surface area contributed by atoms with Crippen LogP contribution >= 0.6 is 11.6 Å². The fraction of sp³-hybridized carbons (Fsp3) is 0.333. The molecule has 27 heavy (non-hydrogen) atoms. The Morgan fingerprint density at radius 3 is 2.81 bits per heavy atom. The first-order valence-corrected chi connectivity index (χ1v) is 9.02. The number of benzene rings is 1. The predicted octanol–water partition coefficient (Wildman–Crippen LogP) is 4.09. The first-order valence-electron chi connectivity index (χ1n) is 8.64. The van der Waals surface area contributed by atoms with Crippen molar-refractivity contribution in [2.45, 2.75) is 33.2 Å². The van der Waals surface area contributed by atoms with Crippen LogP contribution in [0.25, 0.3) is 5.69 Å². The molecule has 2 amide bonds. The molecule has 0 fully saturated rings. The highest BCUT2D eigenvalue weighted by Gasteiger charge is 2.17. The fourth-order valence-electron chi connectivity index (χ4n) is 2.46. The van der Waals surface area contributed by atoms with Gasteiger partial charge in [0.15, 0.2) is 5.82 Å². The molecule has 0 saturated carbocycles. The number of hydrogen-bond acceptors (Lipinski definition) is 5. The lowest BCUT2D eigenvalue weighted by molar-refractivity contribution is 0.203. The number of halogens is 1. The number of urea groups is 1. The summed E-state index contributed by atoms with van der Waals surface area (Å²) in [7, 11) is 0. The van der Waals surface area contributed by atoms with Gasteiger partial charge in [-0.25, -0.2) is 9.78 Å². The Hall–Kier alpha value is -2.87. The van der Waals surface area contributed by atoms with Crippen LogP contribution in [0.5, 0.6) is 0 Å². The highest BCUT2D eigenvalue weighted by atomic mass is 35.5. The zero-order valence-corrected chi connectivity index (χ0v) is 16.1. The summed E-state index contributed by atoms with van der Waals surface area (Å²) in [6.07, 6.45) is 5.13. The molecule has 8 nitrogen and oxygen atoms in total. The molecule has 0 saturated heterocycles. The molecule has 0 aliphatic rings. The van der Waals surface area contributed by atoms with E-state index in [-0.39, 0.29) is 18.5 Å². The van der Waals surface area contributed by atoms with Gasteiger partial charge in [-0.2, -0.15) is 4.98 Å². The molecular formula is C18H21ClN6O2. The van der Waals surface area contributed by atoms with Crippen LogP contribution in [-0.4, -0.2) is 37.2 Å². The van der Waals surface area contributed by atoms with Gasteiger partial charge in [0.1, 0.15) is 6.54 Å². The highest BCUT2D eigenvalue weighted by Crippen LogP contribution is 2.24. The third kappa shape index (κ3) is 4.46. The molecule has 0 atom stereocenters. The smallest absolute Gasteiger partial charge is 0.322 e. The number of rotatable bonds is 6. The monoisotopic (exact) mass is 388 g/mol. The normalized spacial score (nSPS) is 11.0. The van der Waals surface area contributed by atoms with Gasteiger partial charge < -0.3 is 19.3 Å². The van der Waals surface area contributed by atoms with Crippen molar-refractivity contribution in [3.8, 4) is 5.69 Å². The Kier molecular flexibility index (Phi) is 5.75. The van der Waals surface area contributed by atoms with Crippen LogP contribution in [0.4, 0.5) is 10.5 Å². The molecule has 0 aliphatic heterocycles. The third-order valence-corrected chi connectivity index (χ3v) is 4.28. The van der Waals surface area contributed by atoms with Crippen LogP contribution in [0.2, 0.25) is 5.02 Å². The molecule has 2 aromatic heterocycles. The van der Waals surface area contributed by atoms with E-state index >= 15 is 0 Å². The molecule has 1 aromatic carbocycles. The average Bonchev–Trinajstić information content (AvgIpc) is 3.31. The van der Waals surface area contributed by atoms with E-state index < -0.39 is 0 Å². The highest BCUT2D eigenvalue weighted by molar-refractivity contribution is 6.32. The minimum atomic E-state index is -0.270. The number of amides is 2. The van der Waals surface area contributed by atoms with Gasteiger partial charge in [-0.1, -0.05) is 30.6 Å². The van der Waals surface area contributed by atoms with Gasteiger partial charge in [-0.3, -0.25) is 0 Å². The van der Waals surface area contributed by atoms with Crippen LogP contribution in [-0.2, 0) is 6.54 Å². The summed E-state index contributed by atoms with van der Waals surface area (Å²) in [5, 5.41) is 7.27. The molecule has 1 N–H and O–H groups in total. The van der Waals surface area contributed by atoms with Gasteiger partial charge in [0.2, 0.25) is 5.89 Å². The molecule has 2 heterocycles. The molecule has 0 spiro atoms. The third-order valence-electron chi connectivity index (χ3n) is 3.98. The number of nitrogens with one attached hydrogen (secondary N) is 1. The van der Waals surface area contributed by atoms with Crippen molar-refractivity contribution >= 4 is 23.3 Å². The van der Waals surface area contributed by atoms with E-state index in [0.29, 0.717) is 29.0 Å². The van der Waals surface area contributed by atoms with E-state index in [0.717, 1.165) is 5.69 Å². The fourth-order valence-corrected chi connectivity index (χ4v) is 2.73. The summed E-state index contributed by atoms with van der Waals surface area (Å²) in [6, 6.07) is 5.04. The first kappa shape index (κ1) is 18.9. The predicted molar refractivity (Wildman–Crippen MR) is 102 cm³/mol. The Morgan fingerprint density at radius 2 is 2.22 bits per heavy atom. The first-order chi connectivity index (χ1) is 13.0. The second-order valence-corrected chi connectivity index (χ2v) is 6.69. The molecule has 3 rings (SSSR count). The summed E-state index contributed by atoms with van der Waals surface area (Å²) >= 11 is 6.33. The minimum absolute atomic E-state index is 0.169. The Labute approximate surface area is 162 Å². The van der Waals surface area contributed by atoms with Gasteiger partial charge in [0.05, 0.1) is 17.0 Å². The zero-order chi connectivity index (χ0) is 19.4. The number of nitrogens with zero attached hydrogens (tertiary/aromatic N) is 5. The van der Waals surface area contributed by atoms with Crippen LogP contribution in [0, 0.1) is 0 Å². The van der Waals surface area contributed by atoms with Gasteiger partial charge in [-0.15, -0.1) is 0 Å². The van der Waals surface area contributed by atoms with Crippen LogP contribution in [0.1, 0.15) is 38.4 Å². The van der Waals surface area contributed by atoms with E-state index in [9.17, 15) is 4.79 Å². The van der Waals surface area contributed by atoms with Gasteiger partial charge in [0.25, 0.3) is 0 Å². The number of imidazole rings is 1. The van der Waals surface area contributed by atoms with Crippen molar-refractivity contribution in [2.75, 3.05) is 11.9 Å². The van der Waals surface area contributed by atoms with Crippen LogP contribution in [0.3, 0.4) is 0 Å². The van der Waals surface area contributed by atoms with Crippen molar-refractivity contribution in [2.24, 2.45) is 0 Å². The Balaban J connectivity index is 1.68. The number of carbonyl (C=O) groups is 1. The van der Waals surface area contributed by atoms with E-state index in [1.807, 2.05) is 26.8 Å². The second kappa shape index (κ2) is 8.22. The topological polar surface area (TPSA) is 89.1 Å². The molecular weight excluding hydrogens is 368 g/mol. The molecule has 0 radical (unpaired) electrons. The average molecular weight is 389 g/mol. The van der Waals surface area contributed by atoms with E-state index in [4.69, 9.17) is 16.1 Å². The molecule has 0 bridgehead atoms. The lowest BCUT2D eigenvalue weighted by atomic mass is 10.2. The number of carbonyl (C=O) groups excluding carboxylic acids is 1. The second-order valence-electron chi connectivity index (χ2n) is 6.28. The van der Waals surface area contributed by atoms with E-state index in [1.165, 1.54) is 0 Å². The maximum absolute atomic E-state index is 12.6. The maximum atomic E-state index is 12.6. The van der Waals surface area contributed by atoms with Crippen molar-refractivity contribution in [3.63, 3.8) is 0 Å².